The Kier molecular flexibility index (Phi) is 3.36. The maximum Gasteiger partial charge on any atom is 0.371 e. The maximum absolute atomic E-state index is 12.9. The summed E-state index contributed by atoms with van der Waals surface area (Å²) >= 11 is 5.79. The molecular formula is C12H8ClFO4. The molecule has 1 heterocycles. The van der Waals surface area contributed by atoms with Gasteiger partial charge in [-0.2, -0.15) is 0 Å². The monoisotopic (exact) mass is 270 g/mol. The van der Waals surface area contributed by atoms with Crippen LogP contribution in [-0.2, 0) is 0 Å². The number of aliphatic hydroxyl groups is 1. The molecule has 0 amide bonds. The van der Waals surface area contributed by atoms with E-state index in [-0.39, 0.29) is 22.1 Å². The van der Waals surface area contributed by atoms with Crippen LogP contribution in [0.4, 0.5) is 4.39 Å². The van der Waals surface area contributed by atoms with Gasteiger partial charge in [0, 0.05) is 10.6 Å². The van der Waals surface area contributed by atoms with Gasteiger partial charge in [-0.05, 0) is 24.3 Å². The average molecular weight is 271 g/mol. The summed E-state index contributed by atoms with van der Waals surface area (Å²) < 4.78 is 17.8. The van der Waals surface area contributed by atoms with Crippen LogP contribution in [-0.4, -0.2) is 16.2 Å². The number of hydrogen-bond acceptors (Lipinski definition) is 3. The van der Waals surface area contributed by atoms with E-state index in [0.29, 0.717) is 0 Å². The summed E-state index contributed by atoms with van der Waals surface area (Å²) in [5.74, 6) is -2.02. The number of halogens is 2. The van der Waals surface area contributed by atoms with Gasteiger partial charge in [-0.15, -0.1) is 0 Å². The molecule has 0 bridgehead atoms. The molecule has 1 aromatic heterocycles. The van der Waals surface area contributed by atoms with Crippen LogP contribution < -0.4 is 0 Å². The number of hydrogen-bond donors (Lipinski definition) is 2. The predicted octanol–water partition coefficient (Wildman–Crippen LogP) is 2.85. The Hall–Kier alpha value is -1.85. The molecule has 0 fully saturated rings. The Morgan fingerprint density at radius 3 is 2.61 bits per heavy atom. The van der Waals surface area contributed by atoms with Crippen LogP contribution in [0.1, 0.15) is 28.0 Å². The van der Waals surface area contributed by atoms with Crippen molar-refractivity contribution in [2.45, 2.75) is 6.10 Å². The summed E-state index contributed by atoms with van der Waals surface area (Å²) in [6.45, 7) is 0. The Morgan fingerprint density at radius 2 is 2.06 bits per heavy atom. The normalized spacial score (nSPS) is 12.4. The summed E-state index contributed by atoms with van der Waals surface area (Å²) in [7, 11) is 0. The van der Waals surface area contributed by atoms with Crippen LogP contribution >= 0.6 is 11.6 Å². The fourth-order valence-corrected chi connectivity index (χ4v) is 1.76. The van der Waals surface area contributed by atoms with Crippen molar-refractivity contribution >= 4 is 17.6 Å². The van der Waals surface area contributed by atoms with E-state index in [1.54, 1.807) is 0 Å². The van der Waals surface area contributed by atoms with E-state index < -0.39 is 17.9 Å². The fraction of sp³-hybridized carbons (Fsp3) is 0.0833. The average Bonchev–Trinajstić information content (AvgIpc) is 2.77. The van der Waals surface area contributed by atoms with Crippen LogP contribution in [0.2, 0.25) is 5.02 Å². The Balaban J connectivity index is 2.35. The molecule has 2 N–H and O–H groups in total. The fourth-order valence-electron chi connectivity index (χ4n) is 1.49. The summed E-state index contributed by atoms with van der Waals surface area (Å²) in [4.78, 5) is 10.6. The highest BCUT2D eigenvalue weighted by Crippen LogP contribution is 2.29. The predicted molar refractivity (Wildman–Crippen MR) is 61.1 cm³/mol. The zero-order valence-corrected chi connectivity index (χ0v) is 9.69. The molecule has 4 nitrogen and oxygen atoms in total. The molecule has 0 saturated carbocycles. The maximum atomic E-state index is 12.9. The zero-order valence-electron chi connectivity index (χ0n) is 8.93. The highest BCUT2D eigenvalue weighted by atomic mass is 35.5. The minimum absolute atomic E-state index is 0.0286. The van der Waals surface area contributed by atoms with E-state index >= 15 is 0 Å². The van der Waals surface area contributed by atoms with Crippen molar-refractivity contribution in [3.05, 3.63) is 58.3 Å². The van der Waals surface area contributed by atoms with Crippen LogP contribution in [0, 0.1) is 5.82 Å². The van der Waals surface area contributed by atoms with Crippen LogP contribution in [0.25, 0.3) is 0 Å². The summed E-state index contributed by atoms with van der Waals surface area (Å²) in [6.07, 6.45) is -1.24. The van der Waals surface area contributed by atoms with E-state index in [1.165, 1.54) is 18.2 Å². The molecule has 1 atom stereocenters. The zero-order chi connectivity index (χ0) is 13.3. The second kappa shape index (κ2) is 4.80. The first-order chi connectivity index (χ1) is 8.49. The van der Waals surface area contributed by atoms with Crippen LogP contribution in [0.5, 0.6) is 0 Å². The van der Waals surface area contributed by atoms with Gasteiger partial charge in [0.25, 0.3) is 0 Å². The number of carboxylic acids is 1. The van der Waals surface area contributed by atoms with Crippen molar-refractivity contribution in [1.29, 1.82) is 0 Å². The van der Waals surface area contributed by atoms with E-state index in [9.17, 15) is 14.3 Å². The largest absolute Gasteiger partial charge is 0.475 e. The second-order valence-corrected chi connectivity index (χ2v) is 3.98. The van der Waals surface area contributed by atoms with Gasteiger partial charge in [0.05, 0.1) is 0 Å². The first kappa shape index (κ1) is 12.6. The van der Waals surface area contributed by atoms with Gasteiger partial charge < -0.3 is 14.6 Å². The van der Waals surface area contributed by atoms with Crippen molar-refractivity contribution in [1.82, 2.24) is 0 Å². The van der Waals surface area contributed by atoms with Crippen LogP contribution in [0.15, 0.2) is 34.7 Å². The third-order valence-corrected chi connectivity index (χ3v) is 2.69. The Labute approximate surface area is 106 Å². The van der Waals surface area contributed by atoms with Crippen molar-refractivity contribution in [2.24, 2.45) is 0 Å². The minimum Gasteiger partial charge on any atom is -0.475 e. The van der Waals surface area contributed by atoms with Crippen molar-refractivity contribution < 1.29 is 23.8 Å². The SMILES string of the molecule is O=C(O)c1ccc(C(O)c2ccc(F)cc2Cl)o1. The van der Waals surface area contributed by atoms with Gasteiger partial charge in [-0.1, -0.05) is 17.7 Å². The molecule has 1 aromatic carbocycles. The number of rotatable bonds is 3. The number of carbonyl (C=O) groups is 1. The molecule has 2 aromatic rings. The lowest BCUT2D eigenvalue weighted by Crippen LogP contribution is -2.00. The second-order valence-electron chi connectivity index (χ2n) is 3.58. The topological polar surface area (TPSA) is 70.7 Å². The standard InChI is InChI=1S/C12H8ClFO4/c13-8-5-6(14)1-2-7(8)11(15)9-3-4-10(18-9)12(16)17/h1-5,11,15H,(H,16,17). The summed E-state index contributed by atoms with van der Waals surface area (Å²) in [6, 6.07) is 6.06. The molecule has 0 aliphatic carbocycles. The highest BCUT2D eigenvalue weighted by Gasteiger charge is 2.19. The van der Waals surface area contributed by atoms with Gasteiger partial charge in [0.15, 0.2) is 0 Å². The molecule has 94 valence electrons. The first-order valence-electron chi connectivity index (χ1n) is 4.95. The molecule has 1 unspecified atom stereocenters. The number of aliphatic hydroxyl groups excluding tert-OH is 1. The van der Waals surface area contributed by atoms with Gasteiger partial charge in [0.2, 0.25) is 5.76 Å². The molecule has 0 radical (unpaired) electrons. The number of carboxylic acid groups (broad SMARTS) is 1. The lowest BCUT2D eigenvalue weighted by Gasteiger charge is -2.09. The number of furan rings is 1. The molecule has 0 spiro atoms. The van der Waals surface area contributed by atoms with Crippen molar-refractivity contribution in [2.75, 3.05) is 0 Å². The lowest BCUT2D eigenvalue weighted by molar-refractivity contribution is 0.0655. The Morgan fingerprint density at radius 1 is 1.33 bits per heavy atom. The third-order valence-electron chi connectivity index (χ3n) is 2.36. The molecule has 0 aliphatic rings. The summed E-state index contributed by atoms with van der Waals surface area (Å²) in [5.41, 5.74) is 0.240. The molecule has 0 aliphatic heterocycles. The minimum atomic E-state index is -1.24. The van der Waals surface area contributed by atoms with Gasteiger partial charge in [-0.25, -0.2) is 9.18 Å². The molecule has 18 heavy (non-hydrogen) atoms. The molecule has 2 rings (SSSR count). The van der Waals surface area contributed by atoms with E-state index in [2.05, 4.69) is 0 Å². The molecule has 0 saturated heterocycles. The van der Waals surface area contributed by atoms with E-state index in [1.807, 2.05) is 0 Å². The molecule has 6 heteroatoms. The smallest absolute Gasteiger partial charge is 0.371 e. The lowest BCUT2D eigenvalue weighted by atomic mass is 10.1. The summed E-state index contributed by atoms with van der Waals surface area (Å²) in [5, 5.41) is 18.7. The molecular weight excluding hydrogens is 263 g/mol. The van der Waals surface area contributed by atoms with E-state index in [4.69, 9.17) is 21.1 Å². The van der Waals surface area contributed by atoms with E-state index in [0.717, 1.165) is 12.1 Å². The number of benzene rings is 1. The number of aromatic carboxylic acids is 1. The van der Waals surface area contributed by atoms with Crippen molar-refractivity contribution in [3.63, 3.8) is 0 Å². The van der Waals surface area contributed by atoms with Crippen LogP contribution in [0.3, 0.4) is 0 Å². The van der Waals surface area contributed by atoms with Gasteiger partial charge in [-0.3, -0.25) is 0 Å². The first-order valence-corrected chi connectivity index (χ1v) is 5.33. The highest BCUT2D eigenvalue weighted by molar-refractivity contribution is 6.31. The Bertz CT molecular complexity index is 594. The third kappa shape index (κ3) is 2.37. The van der Waals surface area contributed by atoms with Gasteiger partial charge >= 0.3 is 5.97 Å². The van der Waals surface area contributed by atoms with Gasteiger partial charge in [0.1, 0.15) is 17.7 Å². The van der Waals surface area contributed by atoms with Crippen molar-refractivity contribution in [3.8, 4) is 0 Å². The quantitative estimate of drug-likeness (QED) is 0.900.